The first-order chi connectivity index (χ1) is 10.6. The van der Waals surface area contributed by atoms with Crippen LogP contribution in [0.5, 0.6) is 11.5 Å². The molecule has 0 fully saturated rings. The van der Waals surface area contributed by atoms with Crippen molar-refractivity contribution in [2.75, 3.05) is 12.1 Å². The third kappa shape index (κ3) is 3.28. The monoisotopic (exact) mass is 318 g/mol. The fourth-order valence-electron chi connectivity index (χ4n) is 2.16. The number of ether oxygens (including phenoxy) is 2. The normalized spacial score (nSPS) is 12.1. The summed E-state index contributed by atoms with van der Waals surface area (Å²) in [6.45, 7) is 2.63. The number of nitrogens with one attached hydrogen (secondary N) is 2. The second kappa shape index (κ2) is 6.19. The number of fused-ring (bicyclic) bond motifs is 1. The Hall–Kier alpha value is -2.34. The van der Waals surface area contributed by atoms with Crippen LogP contribution in [0.3, 0.4) is 0 Å². The summed E-state index contributed by atoms with van der Waals surface area (Å²) in [5, 5.41) is 6.59. The molecule has 0 spiro atoms. The molecule has 1 heterocycles. The van der Waals surface area contributed by atoms with Crippen LogP contribution in [0.1, 0.15) is 11.1 Å². The number of aryl methyl sites for hydroxylation is 1. The summed E-state index contributed by atoms with van der Waals surface area (Å²) in [5.74, 6) is 1.16. The Morgan fingerprint density at radius 2 is 2.00 bits per heavy atom. The van der Waals surface area contributed by atoms with E-state index in [2.05, 4.69) is 10.6 Å². The third-order valence-corrected chi connectivity index (χ3v) is 3.63. The van der Waals surface area contributed by atoms with Crippen molar-refractivity contribution in [3.05, 3.63) is 53.3 Å². The van der Waals surface area contributed by atoms with E-state index in [4.69, 9.17) is 21.7 Å². The molecule has 1 aliphatic rings. The zero-order chi connectivity index (χ0) is 15.5. The topological polar surface area (TPSA) is 42.5 Å². The molecule has 0 radical (unpaired) electrons. The molecule has 6 heteroatoms. The molecule has 114 valence electrons. The molecule has 22 heavy (non-hydrogen) atoms. The fraction of sp³-hybridized carbons (Fsp3) is 0.188. The lowest BCUT2D eigenvalue weighted by atomic mass is 10.1. The molecule has 2 aromatic carbocycles. The van der Waals surface area contributed by atoms with Crippen molar-refractivity contribution in [3.63, 3.8) is 0 Å². The van der Waals surface area contributed by atoms with Crippen molar-refractivity contribution in [2.45, 2.75) is 13.5 Å². The summed E-state index contributed by atoms with van der Waals surface area (Å²) in [4.78, 5) is 0. The Morgan fingerprint density at radius 3 is 2.86 bits per heavy atom. The standard InChI is InChI=1S/C16H15FN2O2S/c1-10-2-3-12(17)6-11(10)8-18-16(22)19-13-4-5-14-15(7-13)21-9-20-14/h2-7H,8-9H2,1H3,(H2,18,19,22). The molecular weight excluding hydrogens is 303 g/mol. The Balaban J connectivity index is 1.59. The van der Waals surface area contributed by atoms with Crippen LogP contribution in [0.25, 0.3) is 0 Å². The SMILES string of the molecule is Cc1ccc(F)cc1CNC(=S)Nc1ccc2c(c1)OCO2. The van der Waals surface area contributed by atoms with E-state index >= 15 is 0 Å². The van der Waals surface area contributed by atoms with E-state index in [1.165, 1.54) is 12.1 Å². The van der Waals surface area contributed by atoms with Crippen molar-refractivity contribution in [3.8, 4) is 11.5 Å². The highest BCUT2D eigenvalue weighted by Crippen LogP contribution is 2.34. The van der Waals surface area contributed by atoms with Crippen LogP contribution in [0, 0.1) is 12.7 Å². The first kappa shape index (κ1) is 14.6. The lowest BCUT2D eigenvalue weighted by molar-refractivity contribution is 0.174. The molecule has 0 bridgehead atoms. The van der Waals surface area contributed by atoms with Gasteiger partial charge in [0.25, 0.3) is 0 Å². The van der Waals surface area contributed by atoms with E-state index in [1.54, 1.807) is 6.07 Å². The highest BCUT2D eigenvalue weighted by molar-refractivity contribution is 7.80. The summed E-state index contributed by atoms with van der Waals surface area (Å²) in [6, 6.07) is 10.2. The molecule has 4 nitrogen and oxygen atoms in total. The zero-order valence-corrected chi connectivity index (χ0v) is 12.8. The molecule has 0 unspecified atom stereocenters. The minimum Gasteiger partial charge on any atom is -0.454 e. The summed E-state index contributed by atoms with van der Waals surface area (Å²) in [5.41, 5.74) is 2.69. The van der Waals surface area contributed by atoms with Gasteiger partial charge in [0.15, 0.2) is 16.6 Å². The van der Waals surface area contributed by atoms with Crippen LogP contribution >= 0.6 is 12.2 Å². The average Bonchev–Trinajstić information content (AvgIpc) is 2.96. The van der Waals surface area contributed by atoms with Crippen molar-refractivity contribution in [2.24, 2.45) is 0 Å². The number of benzene rings is 2. The van der Waals surface area contributed by atoms with Gasteiger partial charge in [-0.15, -0.1) is 0 Å². The predicted molar refractivity (Wildman–Crippen MR) is 86.8 cm³/mol. The number of anilines is 1. The molecule has 2 N–H and O–H groups in total. The van der Waals surface area contributed by atoms with Crippen molar-refractivity contribution < 1.29 is 13.9 Å². The minimum absolute atomic E-state index is 0.236. The Kier molecular flexibility index (Phi) is 4.11. The molecule has 3 rings (SSSR count). The quantitative estimate of drug-likeness (QED) is 0.850. The first-order valence-electron chi connectivity index (χ1n) is 6.81. The van der Waals surface area contributed by atoms with E-state index in [-0.39, 0.29) is 12.6 Å². The van der Waals surface area contributed by atoms with Crippen LogP contribution < -0.4 is 20.1 Å². The lowest BCUT2D eigenvalue weighted by Gasteiger charge is -2.12. The van der Waals surface area contributed by atoms with Crippen molar-refractivity contribution >= 4 is 23.0 Å². The summed E-state index contributed by atoms with van der Waals surface area (Å²) < 4.78 is 23.8. The second-order valence-corrected chi connectivity index (χ2v) is 5.35. The Morgan fingerprint density at radius 1 is 1.18 bits per heavy atom. The summed E-state index contributed by atoms with van der Waals surface area (Å²) >= 11 is 5.25. The Labute approximate surface area is 133 Å². The first-order valence-corrected chi connectivity index (χ1v) is 7.22. The number of rotatable bonds is 3. The maximum absolute atomic E-state index is 13.2. The highest BCUT2D eigenvalue weighted by atomic mass is 32.1. The summed E-state index contributed by atoms with van der Waals surface area (Å²) in [7, 11) is 0. The van der Waals surface area contributed by atoms with Crippen LogP contribution in [0.2, 0.25) is 0 Å². The smallest absolute Gasteiger partial charge is 0.231 e. The molecule has 0 aromatic heterocycles. The van der Waals surface area contributed by atoms with Crippen molar-refractivity contribution in [1.29, 1.82) is 0 Å². The molecule has 0 aliphatic carbocycles. The van der Waals surface area contributed by atoms with E-state index in [0.717, 1.165) is 22.6 Å². The molecule has 0 atom stereocenters. The van der Waals surface area contributed by atoms with Gasteiger partial charge in [0.05, 0.1) is 0 Å². The maximum atomic E-state index is 13.2. The van der Waals surface area contributed by atoms with Gasteiger partial charge < -0.3 is 20.1 Å². The van der Waals surface area contributed by atoms with Gasteiger partial charge in [-0.1, -0.05) is 6.07 Å². The van der Waals surface area contributed by atoms with Crippen LogP contribution in [0.4, 0.5) is 10.1 Å². The van der Waals surface area contributed by atoms with Gasteiger partial charge in [-0.25, -0.2) is 4.39 Å². The predicted octanol–water partition coefficient (Wildman–Crippen LogP) is 3.35. The van der Waals surface area contributed by atoms with Gasteiger partial charge in [0.2, 0.25) is 6.79 Å². The third-order valence-electron chi connectivity index (χ3n) is 3.38. The van der Waals surface area contributed by atoms with Gasteiger partial charge in [-0.05, 0) is 54.5 Å². The van der Waals surface area contributed by atoms with Gasteiger partial charge in [0.1, 0.15) is 5.82 Å². The second-order valence-electron chi connectivity index (χ2n) is 4.95. The van der Waals surface area contributed by atoms with E-state index < -0.39 is 0 Å². The molecule has 2 aromatic rings. The number of thiocarbonyl (C=S) groups is 1. The van der Waals surface area contributed by atoms with Gasteiger partial charge in [-0.2, -0.15) is 0 Å². The van der Waals surface area contributed by atoms with Crippen molar-refractivity contribution in [1.82, 2.24) is 5.32 Å². The molecular formula is C16H15FN2O2S. The van der Waals surface area contributed by atoms with Gasteiger partial charge >= 0.3 is 0 Å². The van der Waals surface area contributed by atoms with Gasteiger partial charge in [0, 0.05) is 18.3 Å². The average molecular weight is 318 g/mol. The number of hydrogen-bond acceptors (Lipinski definition) is 3. The molecule has 0 saturated carbocycles. The molecule has 0 saturated heterocycles. The van der Waals surface area contributed by atoms with E-state index in [1.807, 2.05) is 25.1 Å². The van der Waals surface area contributed by atoms with Crippen LogP contribution in [-0.2, 0) is 6.54 Å². The van der Waals surface area contributed by atoms with Gasteiger partial charge in [-0.3, -0.25) is 0 Å². The maximum Gasteiger partial charge on any atom is 0.231 e. The zero-order valence-electron chi connectivity index (χ0n) is 12.0. The number of halogens is 1. The van der Waals surface area contributed by atoms with E-state index in [9.17, 15) is 4.39 Å². The minimum atomic E-state index is -0.253. The largest absolute Gasteiger partial charge is 0.454 e. The molecule has 1 aliphatic heterocycles. The van der Waals surface area contributed by atoms with E-state index in [0.29, 0.717) is 17.4 Å². The number of hydrogen-bond donors (Lipinski definition) is 2. The Bertz CT molecular complexity index is 721. The lowest BCUT2D eigenvalue weighted by Crippen LogP contribution is -2.28. The van der Waals surface area contributed by atoms with Crippen LogP contribution in [-0.4, -0.2) is 11.9 Å². The highest BCUT2D eigenvalue weighted by Gasteiger charge is 2.13. The summed E-state index contributed by atoms with van der Waals surface area (Å²) in [6.07, 6.45) is 0. The molecule has 0 amide bonds. The van der Waals surface area contributed by atoms with Crippen LogP contribution in [0.15, 0.2) is 36.4 Å². The fourth-order valence-corrected chi connectivity index (χ4v) is 2.35.